The quantitative estimate of drug-likeness (QED) is 0.545. The lowest BCUT2D eigenvalue weighted by Gasteiger charge is -2.40. The number of carbonyl (C=O) groups is 1. The summed E-state index contributed by atoms with van der Waals surface area (Å²) in [5.41, 5.74) is 5.15. The van der Waals surface area contributed by atoms with Crippen LogP contribution in [-0.4, -0.2) is 37.6 Å². The van der Waals surface area contributed by atoms with Crippen LogP contribution in [0.5, 0.6) is 5.75 Å². The van der Waals surface area contributed by atoms with Gasteiger partial charge < -0.3 is 9.64 Å². The maximum atomic E-state index is 13.4. The Morgan fingerprint density at radius 2 is 1.70 bits per heavy atom. The molecule has 1 fully saturated rings. The molecular weight excluding hydrogens is 415 g/mol. The molecule has 1 spiro atoms. The topological polar surface area (TPSA) is 32.8 Å². The Balaban J connectivity index is 1.39. The number of nitrogens with zero attached hydrogens (tertiary/aromatic N) is 2. The van der Waals surface area contributed by atoms with E-state index in [0.29, 0.717) is 12.1 Å². The molecule has 5 rings (SSSR count). The fourth-order valence-corrected chi connectivity index (χ4v) is 5.22. The number of anilines is 1. The lowest BCUT2D eigenvalue weighted by Crippen LogP contribution is -2.45. The number of hydrogen-bond donors (Lipinski definition) is 0. The molecule has 2 heterocycles. The molecule has 33 heavy (non-hydrogen) atoms. The minimum Gasteiger partial charge on any atom is -0.497 e. The van der Waals surface area contributed by atoms with Gasteiger partial charge in [0.1, 0.15) is 11.6 Å². The average molecular weight is 445 g/mol. The number of methoxy groups -OCH3 is 1. The maximum Gasteiger partial charge on any atom is 0.258 e. The van der Waals surface area contributed by atoms with E-state index >= 15 is 0 Å². The van der Waals surface area contributed by atoms with E-state index in [0.717, 1.165) is 43.9 Å². The van der Waals surface area contributed by atoms with Gasteiger partial charge in [-0.15, -0.1) is 0 Å². The van der Waals surface area contributed by atoms with Crippen LogP contribution in [0.4, 0.5) is 10.1 Å². The summed E-state index contributed by atoms with van der Waals surface area (Å²) in [4.78, 5) is 17.8. The third-order valence-electron chi connectivity index (χ3n) is 7.20. The highest BCUT2D eigenvalue weighted by Gasteiger charge is 2.46. The normalized spacial score (nSPS) is 17.2. The van der Waals surface area contributed by atoms with E-state index < -0.39 is 0 Å². The molecule has 1 amide bonds. The molecule has 0 atom stereocenters. The number of aryl methyl sites for hydroxylation is 1. The Bertz CT molecular complexity index is 1150. The molecule has 2 aliphatic heterocycles. The predicted octanol–water partition coefficient (Wildman–Crippen LogP) is 5.34. The minimum atomic E-state index is -0.337. The first-order valence-corrected chi connectivity index (χ1v) is 11.5. The lowest BCUT2D eigenvalue weighted by atomic mass is 9.74. The number of rotatable bonds is 4. The van der Waals surface area contributed by atoms with Gasteiger partial charge in [-0.05, 0) is 86.4 Å². The molecule has 1 saturated heterocycles. The first-order chi connectivity index (χ1) is 16.0. The van der Waals surface area contributed by atoms with E-state index in [4.69, 9.17) is 4.74 Å². The Kier molecular flexibility index (Phi) is 5.67. The smallest absolute Gasteiger partial charge is 0.258 e. The molecule has 4 nitrogen and oxygen atoms in total. The van der Waals surface area contributed by atoms with Crippen molar-refractivity contribution in [2.75, 3.05) is 31.6 Å². The zero-order valence-corrected chi connectivity index (χ0v) is 19.2. The van der Waals surface area contributed by atoms with Gasteiger partial charge in [-0.3, -0.25) is 9.69 Å². The summed E-state index contributed by atoms with van der Waals surface area (Å²) in [6.07, 6.45) is 1.96. The third-order valence-corrected chi connectivity index (χ3v) is 7.20. The molecule has 3 aromatic carbocycles. The van der Waals surface area contributed by atoms with Gasteiger partial charge in [-0.25, -0.2) is 4.39 Å². The van der Waals surface area contributed by atoms with Crippen LogP contribution < -0.4 is 9.64 Å². The van der Waals surface area contributed by atoms with Crippen LogP contribution in [0.15, 0.2) is 66.7 Å². The van der Waals surface area contributed by atoms with Crippen molar-refractivity contribution in [3.05, 3.63) is 94.8 Å². The summed E-state index contributed by atoms with van der Waals surface area (Å²) in [7, 11) is 1.68. The first kappa shape index (κ1) is 21.7. The number of amides is 1. The third kappa shape index (κ3) is 4.13. The highest BCUT2D eigenvalue weighted by atomic mass is 19.1. The summed E-state index contributed by atoms with van der Waals surface area (Å²) >= 11 is 0. The molecule has 0 unspecified atom stereocenters. The largest absolute Gasteiger partial charge is 0.497 e. The van der Waals surface area contributed by atoms with E-state index in [1.165, 1.54) is 28.8 Å². The van der Waals surface area contributed by atoms with Gasteiger partial charge in [0.15, 0.2) is 0 Å². The second-order valence-electron chi connectivity index (χ2n) is 9.32. The van der Waals surface area contributed by atoms with Gasteiger partial charge >= 0.3 is 0 Å². The molecule has 3 aromatic rings. The molecule has 0 aliphatic carbocycles. The van der Waals surface area contributed by atoms with Crippen LogP contribution in [0.2, 0.25) is 0 Å². The summed E-state index contributed by atoms with van der Waals surface area (Å²) in [5, 5.41) is 0. The maximum absolute atomic E-state index is 13.4. The summed E-state index contributed by atoms with van der Waals surface area (Å²) in [5.74, 6) is 0.391. The average Bonchev–Trinajstić information content (AvgIpc) is 3.15. The van der Waals surface area contributed by atoms with E-state index in [1.54, 1.807) is 19.2 Å². The number of carbonyl (C=O) groups excluding carboxylic acids is 1. The minimum absolute atomic E-state index is 0.0830. The Morgan fingerprint density at radius 1 is 1.00 bits per heavy atom. The number of piperidine rings is 1. The van der Waals surface area contributed by atoms with E-state index in [9.17, 15) is 9.18 Å². The van der Waals surface area contributed by atoms with Crippen molar-refractivity contribution in [3.8, 4) is 5.75 Å². The highest BCUT2D eigenvalue weighted by molar-refractivity contribution is 6.07. The molecule has 170 valence electrons. The zero-order chi connectivity index (χ0) is 23.0. The fourth-order valence-electron chi connectivity index (χ4n) is 5.22. The van der Waals surface area contributed by atoms with Gasteiger partial charge in [-0.1, -0.05) is 29.8 Å². The van der Waals surface area contributed by atoms with E-state index in [2.05, 4.69) is 42.2 Å². The molecule has 0 aromatic heterocycles. The van der Waals surface area contributed by atoms with Crippen LogP contribution in [0.25, 0.3) is 0 Å². The van der Waals surface area contributed by atoms with Gasteiger partial charge in [0.05, 0.1) is 7.11 Å². The van der Waals surface area contributed by atoms with Crippen molar-refractivity contribution < 1.29 is 13.9 Å². The first-order valence-electron chi connectivity index (χ1n) is 11.5. The van der Waals surface area contributed by atoms with E-state index in [1.807, 2.05) is 17.0 Å². The molecule has 2 aliphatic rings. The molecule has 0 bridgehead atoms. The number of halogens is 1. The van der Waals surface area contributed by atoms with Gasteiger partial charge in [0, 0.05) is 29.8 Å². The number of hydrogen-bond acceptors (Lipinski definition) is 3. The number of fused-ring (bicyclic) bond motifs is 2. The Morgan fingerprint density at radius 3 is 2.36 bits per heavy atom. The number of likely N-dealkylation sites (tertiary alicyclic amines) is 1. The second kappa shape index (κ2) is 8.64. The van der Waals surface area contributed by atoms with Crippen LogP contribution in [-0.2, 0) is 12.0 Å². The van der Waals surface area contributed by atoms with Crippen LogP contribution in [0, 0.1) is 12.7 Å². The fraction of sp³-hybridized carbons (Fsp3) is 0.321. The standard InChI is InChI=1S/C28H29FN2O2/c1-20-3-5-21(6-4-20)18-30-15-13-28(14-16-30)19-31(26-12-11-24(33-2)17-25(26)28)27(32)22-7-9-23(29)10-8-22/h3-12,17H,13-16,18-19H2,1-2H3. The lowest BCUT2D eigenvalue weighted by molar-refractivity contribution is 0.0975. The van der Waals surface area contributed by atoms with Crippen molar-refractivity contribution in [3.63, 3.8) is 0 Å². The van der Waals surface area contributed by atoms with E-state index in [-0.39, 0.29) is 17.1 Å². The monoisotopic (exact) mass is 444 g/mol. The Labute approximate surface area is 194 Å². The SMILES string of the molecule is COc1ccc2c(c1)C1(CCN(Cc3ccc(C)cc3)CC1)CN2C(=O)c1ccc(F)cc1. The molecule has 5 heteroatoms. The number of ether oxygens (including phenoxy) is 1. The van der Waals surface area contributed by atoms with Crippen LogP contribution in [0.3, 0.4) is 0 Å². The predicted molar refractivity (Wildman–Crippen MR) is 128 cm³/mol. The molecular formula is C28H29FN2O2. The molecule has 0 N–H and O–H groups in total. The van der Waals surface area contributed by atoms with Crippen molar-refractivity contribution >= 4 is 11.6 Å². The van der Waals surface area contributed by atoms with Crippen molar-refractivity contribution in [2.24, 2.45) is 0 Å². The summed E-state index contributed by atoms with van der Waals surface area (Å²) in [6, 6.07) is 20.6. The Hall–Kier alpha value is -3.18. The van der Waals surface area contributed by atoms with Crippen LogP contribution >= 0.6 is 0 Å². The second-order valence-corrected chi connectivity index (χ2v) is 9.32. The van der Waals surface area contributed by atoms with Crippen LogP contribution in [0.1, 0.15) is 39.9 Å². The van der Waals surface area contributed by atoms with Gasteiger partial charge in [-0.2, -0.15) is 0 Å². The zero-order valence-electron chi connectivity index (χ0n) is 19.2. The highest BCUT2D eigenvalue weighted by Crippen LogP contribution is 2.48. The van der Waals surface area contributed by atoms with Gasteiger partial charge in [0.2, 0.25) is 0 Å². The van der Waals surface area contributed by atoms with Crippen molar-refractivity contribution in [2.45, 2.75) is 31.7 Å². The number of benzene rings is 3. The van der Waals surface area contributed by atoms with Crippen molar-refractivity contribution in [1.29, 1.82) is 0 Å². The molecule has 0 radical (unpaired) electrons. The summed E-state index contributed by atoms with van der Waals surface area (Å²) < 4.78 is 18.9. The van der Waals surface area contributed by atoms with Gasteiger partial charge in [0.25, 0.3) is 5.91 Å². The van der Waals surface area contributed by atoms with Crippen molar-refractivity contribution in [1.82, 2.24) is 4.90 Å². The molecule has 0 saturated carbocycles. The summed E-state index contributed by atoms with van der Waals surface area (Å²) in [6.45, 7) is 5.65.